The normalized spacial score (nSPS) is 11.6. The molecule has 1 aromatic carbocycles. The molecule has 1 aromatic heterocycles. The van der Waals surface area contributed by atoms with Crippen LogP contribution in [0, 0.1) is 11.3 Å². The lowest BCUT2D eigenvalue weighted by atomic mass is 10.1. The molecule has 3 nitrogen and oxygen atoms in total. The summed E-state index contributed by atoms with van der Waals surface area (Å²) in [6.07, 6.45) is 0.843. The number of hydrogen-bond donors (Lipinski definition) is 1. The van der Waals surface area contributed by atoms with Crippen LogP contribution in [0.3, 0.4) is 0 Å². The number of nitrogens with zero attached hydrogens (tertiary/aromatic N) is 2. The van der Waals surface area contributed by atoms with Crippen LogP contribution in [0.4, 0.5) is 5.82 Å². The van der Waals surface area contributed by atoms with Crippen LogP contribution in [0.2, 0.25) is 0 Å². The third kappa shape index (κ3) is 1.59. The molecular formula is C14H10BrN3. The Morgan fingerprint density at radius 1 is 1.33 bits per heavy atom. The van der Waals surface area contributed by atoms with Crippen LogP contribution in [0.15, 0.2) is 28.7 Å². The van der Waals surface area contributed by atoms with E-state index >= 15 is 0 Å². The number of pyridine rings is 1. The quantitative estimate of drug-likeness (QED) is 0.750. The van der Waals surface area contributed by atoms with Crippen molar-refractivity contribution in [2.45, 2.75) is 6.42 Å². The van der Waals surface area contributed by atoms with E-state index in [9.17, 15) is 0 Å². The molecule has 0 atom stereocenters. The van der Waals surface area contributed by atoms with Gasteiger partial charge in [-0.05, 0) is 29.3 Å². The van der Waals surface area contributed by atoms with E-state index in [2.05, 4.69) is 44.4 Å². The third-order valence-corrected chi connectivity index (χ3v) is 3.66. The summed E-state index contributed by atoms with van der Waals surface area (Å²) in [5, 5.41) is 12.1. The Bertz CT molecular complexity index is 686. The minimum Gasteiger partial charge on any atom is -0.372 e. The summed E-state index contributed by atoms with van der Waals surface area (Å²) in [5.41, 5.74) is 5.13. The lowest BCUT2D eigenvalue weighted by Gasteiger charge is -2.06. The molecule has 2 aromatic rings. The Balaban J connectivity index is 2.22. The summed E-state index contributed by atoms with van der Waals surface area (Å²) < 4.78 is 1.07. The number of nitrogens with one attached hydrogen (secondary N) is 1. The van der Waals surface area contributed by atoms with E-state index in [1.165, 1.54) is 5.56 Å². The van der Waals surface area contributed by atoms with E-state index < -0.39 is 0 Å². The standard InChI is InChI=1S/C14H10BrN3/c1-17-14-10(7-16)5-9-4-8-6-11(15)2-3-12(8)13(9)18-14/h2-3,5-6H,4H2,1H3,(H,17,18). The number of fused-ring (bicyclic) bond motifs is 3. The van der Waals surface area contributed by atoms with Gasteiger partial charge in [-0.2, -0.15) is 5.26 Å². The number of anilines is 1. The molecule has 0 amide bonds. The highest BCUT2D eigenvalue weighted by Gasteiger charge is 2.22. The molecule has 0 spiro atoms. The van der Waals surface area contributed by atoms with E-state index in [0.717, 1.165) is 27.7 Å². The van der Waals surface area contributed by atoms with Crippen LogP contribution in [0.5, 0.6) is 0 Å². The fourth-order valence-corrected chi connectivity index (χ4v) is 2.75. The monoisotopic (exact) mass is 299 g/mol. The predicted molar refractivity (Wildman–Crippen MR) is 74.4 cm³/mol. The van der Waals surface area contributed by atoms with Crippen LogP contribution < -0.4 is 5.32 Å². The molecule has 18 heavy (non-hydrogen) atoms. The number of rotatable bonds is 1. The maximum Gasteiger partial charge on any atom is 0.144 e. The highest BCUT2D eigenvalue weighted by Crippen LogP contribution is 2.38. The maximum atomic E-state index is 9.10. The van der Waals surface area contributed by atoms with Crippen molar-refractivity contribution in [1.29, 1.82) is 5.26 Å². The largest absolute Gasteiger partial charge is 0.372 e. The van der Waals surface area contributed by atoms with Crippen molar-refractivity contribution in [1.82, 2.24) is 4.98 Å². The van der Waals surface area contributed by atoms with Gasteiger partial charge in [-0.15, -0.1) is 0 Å². The molecule has 1 aliphatic carbocycles. The Labute approximate surface area is 114 Å². The molecule has 1 heterocycles. The van der Waals surface area contributed by atoms with Gasteiger partial charge in [-0.1, -0.05) is 22.0 Å². The first-order valence-electron chi connectivity index (χ1n) is 5.63. The lowest BCUT2D eigenvalue weighted by molar-refractivity contribution is 1.20. The lowest BCUT2D eigenvalue weighted by Crippen LogP contribution is -1.98. The van der Waals surface area contributed by atoms with E-state index in [0.29, 0.717) is 11.4 Å². The first-order valence-corrected chi connectivity index (χ1v) is 6.43. The molecule has 0 unspecified atom stereocenters. The van der Waals surface area contributed by atoms with E-state index in [4.69, 9.17) is 5.26 Å². The molecule has 0 saturated heterocycles. The zero-order chi connectivity index (χ0) is 12.7. The smallest absolute Gasteiger partial charge is 0.144 e. The van der Waals surface area contributed by atoms with Gasteiger partial charge >= 0.3 is 0 Å². The molecule has 4 heteroatoms. The van der Waals surface area contributed by atoms with Gasteiger partial charge in [-0.3, -0.25) is 0 Å². The Morgan fingerprint density at radius 3 is 2.89 bits per heavy atom. The number of hydrogen-bond acceptors (Lipinski definition) is 3. The summed E-state index contributed by atoms with van der Waals surface area (Å²) in [5.74, 6) is 0.645. The summed E-state index contributed by atoms with van der Waals surface area (Å²) in [7, 11) is 1.78. The molecule has 1 N–H and O–H groups in total. The summed E-state index contributed by atoms with van der Waals surface area (Å²) in [6, 6.07) is 10.3. The Hall–Kier alpha value is -1.86. The van der Waals surface area contributed by atoms with Crippen molar-refractivity contribution < 1.29 is 0 Å². The Kier molecular flexibility index (Phi) is 2.57. The third-order valence-electron chi connectivity index (χ3n) is 3.16. The van der Waals surface area contributed by atoms with Crippen LogP contribution in [-0.4, -0.2) is 12.0 Å². The molecule has 0 fully saturated rings. The summed E-state index contributed by atoms with van der Waals surface area (Å²) in [4.78, 5) is 4.56. The van der Waals surface area contributed by atoms with Crippen LogP contribution in [-0.2, 0) is 6.42 Å². The first kappa shape index (κ1) is 11.2. The van der Waals surface area contributed by atoms with Crippen molar-refractivity contribution in [3.8, 4) is 17.3 Å². The fraction of sp³-hybridized carbons (Fsp3) is 0.143. The average Bonchev–Trinajstić information content (AvgIpc) is 2.73. The van der Waals surface area contributed by atoms with Gasteiger partial charge < -0.3 is 5.32 Å². The molecule has 0 saturated carbocycles. The Morgan fingerprint density at radius 2 is 2.17 bits per heavy atom. The zero-order valence-electron chi connectivity index (χ0n) is 9.79. The van der Waals surface area contributed by atoms with E-state index in [1.54, 1.807) is 7.05 Å². The van der Waals surface area contributed by atoms with Crippen molar-refractivity contribution in [3.05, 3.63) is 45.4 Å². The first-order chi connectivity index (χ1) is 8.72. The number of aromatic nitrogens is 1. The molecule has 1 aliphatic rings. The summed E-state index contributed by atoms with van der Waals surface area (Å²) in [6.45, 7) is 0. The van der Waals surface area contributed by atoms with E-state index in [1.807, 2.05) is 12.1 Å². The fourth-order valence-electron chi connectivity index (χ4n) is 2.34. The average molecular weight is 300 g/mol. The van der Waals surface area contributed by atoms with E-state index in [-0.39, 0.29) is 0 Å². The van der Waals surface area contributed by atoms with Gasteiger partial charge in [0.15, 0.2) is 0 Å². The molecule has 0 bridgehead atoms. The predicted octanol–water partition coefficient (Wildman–Crippen LogP) is 3.33. The number of nitriles is 1. The van der Waals surface area contributed by atoms with Gasteiger partial charge in [0, 0.05) is 23.5 Å². The minimum absolute atomic E-state index is 0.600. The topological polar surface area (TPSA) is 48.7 Å². The highest BCUT2D eigenvalue weighted by atomic mass is 79.9. The van der Waals surface area contributed by atoms with Crippen molar-refractivity contribution >= 4 is 21.7 Å². The highest BCUT2D eigenvalue weighted by molar-refractivity contribution is 9.10. The van der Waals surface area contributed by atoms with Crippen molar-refractivity contribution in [2.75, 3.05) is 12.4 Å². The van der Waals surface area contributed by atoms with Crippen LogP contribution in [0.1, 0.15) is 16.7 Å². The zero-order valence-corrected chi connectivity index (χ0v) is 11.4. The van der Waals surface area contributed by atoms with Crippen LogP contribution >= 0.6 is 15.9 Å². The molecule has 0 radical (unpaired) electrons. The maximum absolute atomic E-state index is 9.10. The number of benzene rings is 1. The van der Waals surface area contributed by atoms with Gasteiger partial charge in [0.2, 0.25) is 0 Å². The van der Waals surface area contributed by atoms with Gasteiger partial charge in [0.1, 0.15) is 11.9 Å². The molecule has 3 rings (SSSR count). The SMILES string of the molecule is CNc1nc2c(cc1C#N)Cc1cc(Br)ccc1-2. The summed E-state index contributed by atoms with van der Waals surface area (Å²) >= 11 is 3.48. The second-order valence-electron chi connectivity index (χ2n) is 4.23. The molecule has 88 valence electrons. The second kappa shape index (κ2) is 4.11. The van der Waals surface area contributed by atoms with Gasteiger partial charge in [0.05, 0.1) is 11.3 Å². The minimum atomic E-state index is 0.600. The van der Waals surface area contributed by atoms with Crippen molar-refractivity contribution in [3.63, 3.8) is 0 Å². The van der Waals surface area contributed by atoms with Gasteiger partial charge in [-0.25, -0.2) is 4.98 Å². The second-order valence-corrected chi connectivity index (χ2v) is 5.15. The van der Waals surface area contributed by atoms with Crippen molar-refractivity contribution in [2.24, 2.45) is 0 Å². The number of halogens is 1. The molecule has 0 aliphatic heterocycles. The molecular weight excluding hydrogens is 290 g/mol. The van der Waals surface area contributed by atoms with Crippen LogP contribution in [0.25, 0.3) is 11.3 Å². The van der Waals surface area contributed by atoms with Gasteiger partial charge in [0.25, 0.3) is 0 Å².